The Labute approximate surface area is 115 Å². The molecule has 0 aliphatic rings. The zero-order valence-electron chi connectivity index (χ0n) is 9.68. The molecule has 0 bridgehead atoms. The van der Waals surface area contributed by atoms with Crippen LogP contribution in [0.2, 0.25) is 0 Å². The fourth-order valence-electron chi connectivity index (χ4n) is 1.25. The van der Waals surface area contributed by atoms with E-state index >= 15 is 0 Å². The van der Waals surface area contributed by atoms with E-state index in [1.54, 1.807) is 25.2 Å². The van der Waals surface area contributed by atoms with Crippen molar-refractivity contribution in [3.8, 4) is 0 Å². The Morgan fingerprint density at radius 3 is 2.59 bits per heavy atom. The molecule has 0 aliphatic heterocycles. The van der Waals surface area contributed by atoms with E-state index in [-0.39, 0.29) is 18.2 Å². The van der Waals surface area contributed by atoms with Gasteiger partial charge in [-0.2, -0.15) is 0 Å². The molecule has 0 fully saturated rings. The summed E-state index contributed by atoms with van der Waals surface area (Å²) in [6, 6.07) is 7.20. The summed E-state index contributed by atoms with van der Waals surface area (Å²) in [6.45, 7) is 0.211. The SMILES string of the molecule is CN(CCS(C)(=O)=O)C(=O)c1cccc(I)c1. The summed E-state index contributed by atoms with van der Waals surface area (Å²) in [5, 5.41) is 0. The van der Waals surface area contributed by atoms with Gasteiger partial charge in [0.25, 0.3) is 5.91 Å². The summed E-state index contributed by atoms with van der Waals surface area (Å²) in [7, 11) is -1.43. The number of hydrogen-bond donors (Lipinski definition) is 0. The number of nitrogens with zero attached hydrogens (tertiary/aromatic N) is 1. The van der Waals surface area contributed by atoms with Gasteiger partial charge in [-0.3, -0.25) is 4.79 Å². The zero-order valence-corrected chi connectivity index (χ0v) is 12.7. The highest BCUT2D eigenvalue weighted by Crippen LogP contribution is 2.09. The summed E-state index contributed by atoms with van der Waals surface area (Å²) >= 11 is 2.13. The monoisotopic (exact) mass is 367 g/mol. The van der Waals surface area contributed by atoms with E-state index in [1.165, 1.54) is 4.90 Å². The first-order valence-corrected chi connectivity index (χ1v) is 8.12. The molecule has 0 radical (unpaired) electrons. The van der Waals surface area contributed by atoms with E-state index in [0.717, 1.165) is 9.83 Å². The third kappa shape index (κ3) is 5.03. The van der Waals surface area contributed by atoms with Crippen LogP contribution in [0.4, 0.5) is 0 Å². The van der Waals surface area contributed by atoms with E-state index in [0.29, 0.717) is 5.56 Å². The molecule has 94 valence electrons. The van der Waals surface area contributed by atoms with Gasteiger partial charge in [0.15, 0.2) is 0 Å². The predicted molar refractivity (Wildman–Crippen MR) is 75.8 cm³/mol. The normalized spacial score (nSPS) is 11.2. The van der Waals surface area contributed by atoms with Crippen molar-refractivity contribution < 1.29 is 13.2 Å². The first kappa shape index (κ1) is 14.4. The minimum absolute atomic E-state index is 0.0147. The van der Waals surface area contributed by atoms with E-state index < -0.39 is 9.84 Å². The van der Waals surface area contributed by atoms with E-state index in [1.807, 2.05) is 6.07 Å². The molecule has 1 rings (SSSR count). The Morgan fingerprint density at radius 2 is 2.06 bits per heavy atom. The quantitative estimate of drug-likeness (QED) is 0.757. The molecule has 0 spiro atoms. The molecule has 0 aromatic heterocycles. The highest BCUT2D eigenvalue weighted by molar-refractivity contribution is 14.1. The van der Waals surface area contributed by atoms with Gasteiger partial charge in [-0.1, -0.05) is 6.07 Å². The van der Waals surface area contributed by atoms with Gasteiger partial charge >= 0.3 is 0 Å². The number of benzene rings is 1. The average molecular weight is 367 g/mol. The lowest BCUT2D eigenvalue weighted by Crippen LogP contribution is -2.31. The van der Waals surface area contributed by atoms with Crippen LogP contribution in [-0.2, 0) is 9.84 Å². The maximum absolute atomic E-state index is 11.9. The molecule has 17 heavy (non-hydrogen) atoms. The third-order valence-corrected chi connectivity index (χ3v) is 3.81. The lowest BCUT2D eigenvalue weighted by atomic mass is 10.2. The second-order valence-electron chi connectivity index (χ2n) is 3.87. The molecule has 0 heterocycles. The van der Waals surface area contributed by atoms with Crippen LogP contribution in [0.25, 0.3) is 0 Å². The number of hydrogen-bond acceptors (Lipinski definition) is 3. The van der Waals surface area contributed by atoms with Gasteiger partial charge in [0.2, 0.25) is 0 Å². The van der Waals surface area contributed by atoms with Crippen molar-refractivity contribution in [2.75, 3.05) is 25.6 Å². The van der Waals surface area contributed by atoms with Gasteiger partial charge in [-0.25, -0.2) is 8.42 Å². The van der Waals surface area contributed by atoms with Gasteiger partial charge in [-0.05, 0) is 40.8 Å². The molecule has 1 aromatic carbocycles. The molecule has 0 aliphatic carbocycles. The molecule has 4 nitrogen and oxygen atoms in total. The highest BCUT2D eigenvalue weighted by atomic mass is 127. The van der Waals surface area contributed by atoms with Crippen LogP contribution in [0, 0.1) is 3.57 Å². The van der Waals surface area contributed by atoms with Gasteiger partial charge in [0.05, 0.1) is 5.75 Å². The molecule has 0 N–H and O–H groups in total. The standard InChI is InChI=1S/C11H14INO3S/c1-13(6-7-17(2,15)16)11(14)9-4-3-5-10(12)8-9/h3-5,8H,6-7H2,1-2H3. The molecule has 0 saturated heterocycles. The first-order valence-electron chi connectivity index (χ1n) is 4.98. The van der Waals surface area contributed by atoms with Crippen molar-refractivity contribution in [1.82, 2.24) is 4.90 Å². The van der Waals surface area contributed by atoms with Crippen molar-refractivity contribution in [3.63, 3.8) is 0 Å². The second-order valence-corrected chi connectivity index (χ2v) is 7.37. The number of rotatable bonds is 4. The summed E-state index contributed by atoms with van der Waals surface area (Å²) in [4.78, 5) is 13.4. The Hall–Kier alpha value is -0.630. The van der Waals surface area contributed by atoms with Crippen LogP contribution < -0.4 is 0 Å². The zero-order chi connectivity index (χ0) is 13.1. The van der Waals surface area contributed by atoms with Crippen LogP contribution in [0.3, 0.4) is 0 Å². The average Bonchev–Trinajstić information content (AvgIpc) is 2.24. The van der Waals surface area contributed by atoms with Crippen LogP contribution in [-0.4, -0.2) is 44.8 Å². The van der Waals surface area contributed by atoms with Gasteiger partial charge in [0.1, 0.15) is 9.84 Å². The fraction of sp³-hybridized carbons (Fsp3) is 0.364. The lowest BCUT2D eigenvalue weighted by Gasteiger charge is -2.16. The van der Waals surface area contributed by atoms with Gasteiger partial charge in [0, 0.05) is 29.0 Å². The molecule has 0 unspecified atom stereocenters. The number of sulfone groups is 1. The van der Waals surface area contributed by atoms with E-state index in [4.69, 9.17) is 0 Å². The first-order chi connectivity index (χ1) is 7.79. The third-order valence-electron chi connectivity index (χ3n) is 2.22. The maximum atomic E-state index is 11.9. The fourth-order valence-corrected chi connectivity index (χ4v) is 2.39. The summed E-state index contributed by atoms with van der Waals surface area (Å²) in [5.74, 6) is -0.175. The van der Waals surface area contributed by atoms with Crippen molar-refractivity contribution >= 4 is 38.3 Å². The van der Waals surface area contributed by atoms with Crippen LogP contribution >= 0.6 is 22.6 Å². The minimum Gasteiger partial charge on any atom is -0.341 e. The summed E-state index contributed by atoms with van der Waals surface area (Å²) < 4.78 is 23.0. The van der Waals surface area contributed by atoms with Crippen molar-refractivity contribution in [1.29, 1.82) is 0 Å². The Morgan fingerprint density at radius 1 is 1.41 bits per heavy atom. The molecular formula is C11H14INO3S. The second kappa shape index (κ2) is 5.81. The van der Waals surface area contributed by atoms with E-state index in [2.05, 4.69) is 22.6 Å². The summed E-state index contributed by atoms with van der Waals surface area (Å²) in [5.41, 5.74) is 0.577. The van der Waals surface area contributed by atoms with Crippen molar-refractivity contribution in [2.45, 2.75) is 0 Å². The number of carbonyl (C=O) groups excluding carboxylic acids is 1. The van der Waals surface area contributed by atoms with Crippen LogP contribution in [0.5, 0.6) is 0 Å². The molecule has 0 saturated carbocycles. The summed E-state index contributed by atoms with van der Waals surface area (Å²) in [6.07, 6.45) is 1.16. The highest BCUT2D eigenvalue weighted by Gasteiger charge is 2.13. The van der Waals surface area contributed by atoms with Crippen molar-refractivity contribution in [3.05, 3.63) is 33.4 Å². The van der Waals surface area contributed by atoms with Crippen molar-refractivity contribution in [2.24, 2.45) is 0 Å². The Kier molecular flexibility index (Phi) is 4.93. The smallest absolute Gasteiger partial charge is 0.253 e. The van der Waals surface area contributed by atoms with E-state index in [9.17, 15) is 13.2 Å². The molecule has 0 atom stereocenters. The Balaban J connectivity index is 2.70. The van der Waals surface area contributed by atoms with Crippen LogP contribution in [0.1, 0.15) is 10.4 Å². The molecular weight excluding hydrogens is 353 g/mol. The number of carbonyl (C=O) groups is 1. The van der Waals surface area contributed by atoms with Crippen LogP contribution in [0.15, 0.2) is 24.3 Å². The topological polar surface area (TPSA) is 54.5 Å². The largest absolute Gasteiger partial charge is 0.341 e. The maximum Gasteiger partial charge on any atom is 0.253 e. The van der Waals surface area contributed by atoms with Gasteiger partial charge < -0.3 is 4.90 Å². The number of amides is 1. The predicted octanol–water partition coefficient (Wildman–Crippen LogP) is 1.41. The molecule has 6 heteroatoms. The molecule has 1 amide bonds. The van der Waals surface area contributed by atoms with Gasteiger partial charge in [-0.15, -0.1) is 0 Å². The Bertz CT molecular complexity index is 513. The number of halogens is 1. The molecule has 1 aromatic rings. The minimum atomic E-state index is -3.04. The lowest BCUT2D eigenvalue weighted by molar-refractivity contribution is 0.0803.